The minimum Gasteiger partial charge on any atom is -0.456 e. The van der Waals surface area contributed by atoms with Crippen molar-refractivity contribution in [2.75, 3.05) is 0 Å². The first-order valence-corrected chi connectivity index (χ1v) is 15.2. The number of rotatable bonds is 4. The Morgan fingerprint density at radius 3 is 2.07 bits per heavy atom. The quantitative estimate of drug-likeness (QED) is 0.226. The van der Waals surface area contributed by atoms with Gasteiger partial charge in [0.1, 0.15) is 23.2 Å². The van der Waals surface area contributed by atoms with E-state index in [1.165, 1.54) is 10.8 Å². The number of para-hydroxylation sites is 1. The van der Waals surface area contributed by atoms with Gasteiger partial charge in [-0.25, -0.2) is 9.98 Å². The molecular formula is C41H27N3O. The van der Waals surface area contributed by atoms with Crippen LogP contribution in [0.15, 0.2) is 166 Å². The van der Waals surface area contributed by atoms with Gasteiger partial charge in [0.25, 0.3) is 0 Å². The van der Waals surface area contributed by atoms with Gasteiger partial charge in [-0.15, -0.1) is 0 Å². The van der Waals surface area contributed by atoms with Gasteiger partial charge in [0.2, 0.25) is 0 Å². The van der Waals surface area contributed by atoms with Gasteiger partial charge in [-0.05, 0) is 56.4 Å². The molecule has 1 aliphatic heterocycles. The Morgan fingerprint density at radius 2 is 1.18 bits per heavy atom. The summed E-state index contributed by atoms with van der Waals surface area (Å²) < 4.78 is 6.24. The molecule has 0 radical (unpaired) electrons. The second-order valence-electron chi connectivity index (χ2n) is 11.4. The van der Waals surface area contributed by atoms with Crippen LogP contribution >= 0.6 is 0 Å². The standard InChI is InChI=1S/C41H27N3O/c1-2-12-27(13-3-1)39-42-40(29-24-23-26-11-4-5-14-28(26)25-29)44-41(43-39)34-20-9-16-30-31(17-8-18-32(30)34)33-19-10-22-37-38(33)35-15-6-7-21-36(35)45-37/h1-25,39H,(H,42,43,44). The summed E-state index contributed by atoms with van der Waals surface area (Å²) in [6, 6.07) is 52.8. The average molecular weight is 578 g/mol. The van der Waals surface area contributed by atoms with Crippen molar-refractivity contribution in [1.29, 1.82) is 0 Å². The summed E-state index contributed by atoms with van der Waals surface area (Å²) in [6.45, 7) is 0. The fourth-order valence-electron chi connectivity index (χ4n) is 6.60. The number of nitrogens with one attached hydrogen (secondary N) is 1. The molecule has 7 aromatic carbocycles. The second kappa shape index (κ2) is 10.3. The zero-order valence-corrected chi connectivity index (χ0v) is 24.3. The van der Waals surface area contributed by atoms with Crippen LogP contribution in [0.5, 0.6) is 0 Å². The first kappa shape index (κ1) is 25.5. The molecule has 0 saturated carbocycles. The van der Waals surface area contributed by atoms with Crippen LogP contribution in [0.4, 0.5) is 0 Å². The van der Waals surface area contributed by atoms with E-state index in [-0.39, 0.29) is 6.17 Å². The highest BCUT2D eigenvalue weighted by atomic mass is 16.3. The number of fused-ring (bicyclic) bond motifs is 5. The third-order valence-electron chi connectivity index (χ3n) is 8.74. The highest BCUT2D eigenvalue weighted by molar-refractivity contribution is 6.21. The monoisotopic (exact) mass is 577 g/mol. The summed E-state index contributed by atoms with van der Waals surface area (Å²) in [4.78, 5) is 10.4. The van der Waals surface area contributed by atoms with E-state index < -0.39 is 0 Å². The fourth-order valence-corrected chi connectivity index (χ4v) is 6.60. The molecule has 212 valence electrons. The zero-order chi connectivity index (χ0) is 29.7. The van der Waals surface area contributed by atoms with Crippen LogP contribution in [0.1, 0.15) is 22.9 Å². The number of nitrogens with zero attached hydrogens (tertiary/aromatic N) is 2. The summed E-state index contributed by atoms with van der Waals surface area (Å²) in [5, 5.41) is 10.5. The van der Waals surface area contributed by atoms with E-state index in [1.807, 2.05) is 24.3 Å². The highest BCUT2D eigenvalue weighted by Gasteiger charge is 2.23. The molecule has 1 atom stereocenters. The Hall–Kier alpha value is -6.00. The third kappa shape index (κ3) is 4.30. The maximum absolute atomic E-state index is 6.24. The van der Waals surface area contributed by atoms with Crippen molar-refractivity contribution >= 4 is 55.2 Å². The average Bonchev–Trinajstić information content (AvgIpc) is 3.50. The molecule has 0 fully saturated rings. The molecule has 45 heavy (non-hydrogen) atoms. The van der Waals surface area contributed by atoms with E-state index in [1.54, 1.807) is 0 Å². The molecule has 1 unspecified atom stereocenters. The van der Waals surface area contributed by atoms with Gasteiger partial charge in [-0.1, -0.05) is 133 Å². The van der Waals surface area contributed by atoms with E-state index in [2.05, 4.69) is 133 Å². The van der Waals surface area contributed by atoms with Gasteiger partial charge in [-0.3, -0.25) is 0 Å². The van der Waals surface area contributed by atoms with E-state index in [9.17, 15) is 0 Å². The Labute approximate surface area is 260 Å². The topological polar surface area (TPSA) is 49.9 Å². The van der Waals surface area contributed by atoms with E-state index in [0.717, 1.165) is 66.4 Å². The van der Waals surface area contributed by atoms with Crippen LogP contribution in [0.3, 0.4) is 0 Å². The Morgan fingerprint density at radius 1 is 0.511 bits per heavy atom. The minimum atomic E-state index is -0.273. The lowest BCUT2D eigenvalue weighted by atomic mass is 9.92. The molecule has 4 nitrogen and oxygen atoms in total. The summed E-state index contributed by atoms with van der Waals surface area (Å²) in [5.41, 5.74) is 7.20. The summed E-state index contributed by atoms with van der Waals surface area (Å²) in [5.74, 6) is 1.52. The molecule has 0 aliphatic carbocycles. The van der Waals surface area contributed by atoms with Crippen LogP contribution in [-0.2, 0) is 0 Å². The number of furan rings is 1. The first-order chi connectivity index (χ1) is 22.3. The largest absolute Gasteiger partial charge is 0.456 e. The first-order valence-electron chi connectivity index (χ1n) is 15.2. The van der Waals surface area contributed by atoms with Crippen molar-refractivity contribution < 1.29 is 4.42 Å². The molecule has 4 heteroatoms. The van der Waals surface area contributed by atoms with Crippen molar-refractivity contribution in [2.24, 2.45) is 9.98 Å². The predicted octanol–water partition coefficient (Wildman–Crippen LogP) is 10.1. The Kier molecular flexibility index (Phi) is 5.85. The summed E-state index contributed by atoms with van der Waals surface area (Å²) >= 11 is 0. The van der Waals surface area contributed by atoms with E-state index in [0.29, 0.717) is 5.84 Å². The number of amidine groups is 2. The molecule has 0 saturated heterocycles. The van der Waals surface area contributed by atoms with Crippen LogP contribution in [0.25, 0.3) is 54.6 Å². The molecule has 1 N–H and O–H groups in total. The van der Waals surface area contributed by atoms with Crippen molar-refractivity contribution in [3.8, 4) is 11.1 Å². The number of aliphatic imine (C=N–C) groups is 2. The van der Waals surface area contributed by atoms with Crippen LogP contribution in [0.2, 0.25) is 0 Å². The Bertz CT molecular complexity index is 2470. The molecule has 1 aliphatic rings. The lowest BCUT2D eigenvalue weighted by molar-refractivity contribution is 0.669. The fraction of sp³-hybridized carbons (Fsp3) is 0.0244. The zero-order valence-electron chi connectivity index (χ0n) is 24.3. The second-order valence-corrected chi connectivity index (χ2v) is 11.4. The van der Waals surface area contributed by atoms with Gasteiger partial charge >= 0.3 is 0 Å². The summed E-state index contributed by atoms with van der Waals surface area (Å²) in [6.07, 6.45) is -0.273. The van der Waals surface area contributed by atoms with Gasteiger partial charge in [0.15, 0.2) is 5.84 Å². The maximum Gasteiger partial charge on any atom is 0.160 e. The smallest absolute Gasteiger partial charge is 0.160 e. The van der Waals surface area contributed by atoms with Crippen molar-refractivity contribution in [3.63, 3.8) is 0 Å². The molecule has 8 aromatic rings. The van der Waals surface area contributed by atoms with Gasteiger partial charge < -0.3 is 9.73 Å². The minimum absolute atomic E-state index is 0.273. The number of hydrogen-bond donors (Lipinski definition) is 1. The number of benzene rings is 7. The lowest BCUT2D eigenvalue weighted by Gasteiger charge is -2.24. The SMILES string of the molecule is c1ccc(C2N=C(c3cccc4c(-c5cccc6oc7ccccc7c56)cccc34)N=C(c3ccc4ccccc4c3)N2)cc1. The van der Waals surface area contributed by atoms with Gasteiger partial charge in [0.05, 0.1) is 0 Å². The van der Waals surface area contributed by atoms with Gasteiger partial charge in [-0.2, -0.15) is 0 Å². The van der Waals surface area contributed by atoms with E-state index in [4.69, 9.17) is 14.4 Å². The van der Waals surface area contributed by atoms with Crippen LogP contribution in [-0.4, -0.2) is 11.7 Å². The lowest BCUT2D eigenvalue weighted by Crippen LogP contribution is -2.33. The van der Waals surface area contributed by atoms with Crippen LogP contribution < -0.4 is 5.32 Å². The predicted molar refractivity (Wildman–Crippen MR) is 186 cm³/mol. The Balaban J connectivity index is 1.24. The molecule has 0 amide bonds. The normalized spacial score (nSPS) is 14.9. The van der Waals surface area contributed by atoms with Gasteiger partial charge in [0, 0.05) is 21.9 Å². The van der Waals surface area contributed by atoms with E-state index >= 15 is 0 Å². The molecule has 0 bridgehead atoms. The maximum atomic E-state index is 6.24. The molecule has 0 spiro atoms. The highest BCUT2D eigenvalue weighted by Crippen LogP contribution is 2.40. The summed E-state index contributed by atoms with van der Waals surface area (Å²) in [7, 11) is 0. The third-order valence-corrected chi connectivity index (χ3v) is 8.74. The molecular weight excluding hydrogens is 550 g/mol. The molecule has 1 aromatic heterocycles. The number of hydrogen-bond acceptors (Lipinski definition) is 4. The molecule has 9 rings (SSSR count). The van der Waals surface area contributed by atoms with Crippen molar-refractivity contribution in [1.82, 2.24) is 5.32 Å². The molecule has 2 heterocycles. The van der Waals surface area contributed by atoms with Crippen LogP contribution in [0, 0.1) is 0 Å². The van der Waals surface area contributed by atoms with Crippen molar-refractivity contribution in [3.05, 3.63) is 168 Å². The van der Waals surface area contributed by atoms with Crippen molar-refractivity contribution in [2.45, 2.75) is 6.17 Å².